The van der Waals surface area contributed by atoms with Gasteiger partial charge in [0.15, 0.2) is 0 Å². The summed E-state index contributed by atoms with van der Waals surface area (Å²) in [5.41, 5.74) is 0. The van der Waals surface area contributed by atoms with Crippen LogP contribution in [-0.2, 0) is 11.2 Å². The van der Waals surface area contributed by atoms with Gasteiger partial charge in [-0.25, -0.2) is 0 Å². The molecule has 3 unspecified atom stereocenters. The number of ether oxygens (including phenoxy) is 1. The van der Waals surface area contributed by atoms with Crippen molar-refractivity contribution in [2.75, 3.05) is 25.2 Å². The van der Waals surface area contributed by atoms with Crippen molar-refractivity contribution in [3.05, 3.63) is 11.7 Å². The second-order valence-electron chi connectivity index (χ2n) is 5.62. The van der Waals surface area contributed by atoms with Gasteiger partial charge >= 0.3 is 0 Å². The Labute approximate surface area is 124 Å². The third kappa shape index (κ3) is 3.35. The maximum absolute atomic E-state index is 5.69. The molecule has 0 spiro atoms. The topological polar surface area (TPSA) is 60.2 Å². The average molecular weight is 297 g/mol. The lowest BCUT2D eigenvalue weighted by atomic mass is 9.82. The lowest BCUT2D eigenvalue weighted by Gasteiger charge is -2.30. The third-order valence-electron chi connectivity index (χ3n) is 4.30. The molecule has 1 saturated carbocycles. The van der Waals surface area contributed by atoms with Crippen molar-refractivity contribution in [1.82, 2.24) is 15.5 Å². The fraction of sp³-hybridized carbons (Fsp3) is 0.857. The molecule has 1 aliphatic carbocycles. The molecule has 1 aromatic heterocycles. The molecule has 20 heavy (non-hydrogen) atoms. The minimum atomic E-state index is 0.0118. The van der Waals surface area contributed by atoms with Gasteiger partial charge < -0.3 is 14.6 Å². The first-order valence-electron chi connectivity index (χ1n) is 7.56. The molecule has 1 N–H and O–H groups in total. The van der Waals surface area contributed by atoms with Crippen LogP contribution in [0, 0.1) is 5.92 Å². The standard InChI is InChI=1S/C14H23N3O2S/c1-15-11-5-3-2-4-10(11)8-13-16-14(17-19-13)12-9-20-7-6-18-12/h10-12,15H,2-9H2,1H3. The zero-order valence-electron chi connectivity index (χ0n) is 12.0. The van der Waals surface area contributed by atoms with Crippen molar-refractivity contribution in [3.63, 3.8) is 0 Å². The third-order valence-corrected chi connectivity index (χ3v) is 5.30. The van der Waals surface area contributed by atoms with Gasteiger partial charge in [-0.15, -0.1) is 0 Å². The first-order chi connectivity index (χ1) is 9.86. The number of hydrogen-bond donors (Lipinski definition) is 1. The smallest absolute Gasteiger partial charge is 0.227 e. The van der Waals surface area contributed by atoms with Crippen LogP contribution in [0.15, 0.2) is 4.52 Å². The van der Waals surface area contributed by atoms with E-state index in [0.717, 1.165) is 36.2 Å². The summed E-state index contributed by atoms with van der Waals surface area (Å²) in [4.78, 5) is 4.55. The lowest BCUT2D eigenvalue weighted by Crippen LogP contribution is -2.37. The second kappa shape index (κ2) is 6.91. The van der Waals surface area contributed by atoms with Crippen LogP contribution in [0.3, 0.4) is 0 Å². The molecular formula is C14H23N3O2S. The van der Waals surface area contributed by atoms with Gasteiger partial charge in [-0.2, -0.15) is 16.7 Å². The number of nitrogens with zero attached hydrogens (tertiary/aromatic N) is 2. The first-order valence-corrected chi connectivity index (χ1v) is 8.71. The van der Waals surface area contributed by atoms with E-state index in [4.69, 9.17) is 9.26 Å². The van der Waals surface area contributed by atoms with E-state index in [-0.39, 0.29) is 6.10 Å². The molecule has 2 heterocycles. The van der Waals surface area contributed by atoms with Gasteiger partial charge in [0.25, 0.3) is 0 Å². The summed E-state index contributed by atoms with van der Waals surface area (Å²) >= 11 is 1.89. The summed E-state index contributed by atoms with van der Waals surface area (Å²) in [7, 11) is 2.05. The van der Waals surface area contributed by atoms with Gasteiger partial charge in [0, 0.05) is 24.0 Å². The number of aromatic nitrogens is 2. The SMILES string of the molecule is CNC1CCCCC1Cc1nc(C2CSCCO2)no1. The molecule has 3 atom stereocenters. The molecule has 1 saturated heterocycles. The van der Waals surface area contributed by atoms with E-state index in [1.165, 1.54) is 25.7 Å². The van der Waals surface area contributed by atoms with Gasteiger partial charge in [0.05, 0.1) is 6.61 Å². The molecule has 0 bridgehead atoms. The monoisotopic (exact) mass is 297 g/mol. The van der Waals surface area contributed by atoms with Gasteiger partial charge in [-0.05, 0) is 25.8 Å². The molecule has 0 aromatic carbocycles. The van der Waals surface area contributed by atoms with Crippen molar-refractivity contribution < 1.29 is 9.26 Å². The molecule has 5 nitrogen and oxygen atoms in total. The Morgan fingerprint density at radius 2 is 2.25 bits per heavy atom. The molecule has 3 rings (SSSR count). The summed E-state index contributed by atoms with van der Waals surface area (Å²) in [6.07, 6.45) is 6.04. The van der Waals surface area contributed by atoms with E-state index < -0.39 is 0 Å². The number of hydrogen-bond acceptors (Lipinski definition) is 6. The summed E-state index contributed by atoms with van der Waals surface area (Å²) in [6.45, 7) is 0.781. The highest BCUT2D eigenvalue weighted by atomic mass is 32.2. The van der Waals surface area contributed by atoms with Gasteiger partial charge in [-0.3, -0.25) is 0 Å². The quantitative estimate of drug-likeness (QED) is 0.919. The summed E-state index contributed by atoms with van der Waals surface area (Å²) in [5.74, 6) is 4.10. The van der Waals surface area contributed by atoms with Crippen molar-refractivity contribution in [2.24, 2.45) is 5.92 Å². The van der Waals surface area contributed by atoms with E-state index in [9.17, 15) is 0 Å². The van der Waals surface area contributed by atoms with E-state index in [2.05, 4.69) is 22.5 Å². The molecular weight excluding hydrogens is 274 g/mol. The van der Waals surface area contributed by atoms with Crippen LogP contribution in [0.25, 0.3) is 0 Å². The average Bonchev–Trinajstić information content (AvgIpc) is 2.97. The summed E-state index contributed by atoms with van der Waals surface area (Å²) in [5, 5.41) is 7.54. The van der Waals surface area contributed by atoms with Crippen LogP contribution in [0.2, 0.25) is 0 Å². The van der Waals surface area contributed by atoms with E-state index in [1.54, 1.807) is 0 Å². The van der Waals surface area contributed by atoms with E-state index in [1.807, 2.05) is 11.8 Å². The Kier molecular flexibility index (Phi) is 4.96. The molecule has 1 aliphatic heterocycles. The molecule has 0 radical (unpaired) electrons. The Hall–Kier alpha value is -0.590. The van der Waals surface area contributed by atoms with Crippen molar-refractivity contribution >= 4 is 11.8 Å². The summed E-state index contributed by atoms with van der Waals surface area (Å²) in [6, 6.07) is 0.584. The number of nitrogens with one attached hydrogen (secondary N) is 1. The zero-order chi connectivity index (χ0) is 13.8. The van der Waals surface area contributed by atoms with Crippen LogP contribution in [0.1, 0.15) is 43.5 Å². The van der Waals surface area contributed by atoms with Crippen LogP contribution in [-0.4, -0.2) is 41.3 Å². The molecule has 1 aromatic rings. The van der Waals surface area contributed by atoms with Gasteiger partial charge in [0.2, 0.25) is 11.7 Å². The number of rotatable bonds is 4. The van der Waals surface area contributed by atoms with Crippen molar-refractivity contribution in [1.29, 1.82) is 0 Å². The molecule has 112 valence electrons. The van der Waals surface area contributed by atoms with E-state index in [0.29, 0.717) is 12.0 Å². The Morgan fingerprint density at radius 1 is 1.35 bits per heavy atom. The Morgan fingerprint density at radius 3 is 3.05 bits per heavy atom. The Balaban J connectivity index is 1.61. The molecule has 6 heteroatoms. The highest BCUT2D eigenvalue weighted by molar-refractivity contribution is 7.99. The maximum Gasteiger partial charge on any atom is 0.227 e. The minimum Gasteiger partial charge on any atom is -0.368 e. The molecule has 2 fully saturated rings. The number of thioether (sulfide) groups is 1. The molecule has 2 aliphatic rings. The fourth-order valence-electron chi connectivity index (χ4n) is 3.17. The second-order valence-corrected chi connectivity index (χ2v) is 6.77. The van der Waals surface area contributed by atoms with Crippen molar-refractivity contribution in [2.45, 2.75) is 44.2 Å². The van der Waals surface area contributed by atoms with Crippen LogP contribution in [0.4, 0.5) is 0 Å². The largest absolute Gasteiger partial charge is 0.368 e. The normalized spacial score (nSPS) is 31.4. The van der Waals surface area contributed by atoms with Crippen LogP contribution in [0.5, 0.6) is 0 Å². The Bertz CT molecular complexity index is 420. The highest BCUT2D eigenvalue weighted by Crippen LogP contribution is 2.28. The fourth-order valence-corrected chi connectivity index (χ4v) is 4.02. The maximum atomic E-state index is 5.69. The van der Waals surface area contributed by atoms with Gasteiger partial charge in [-0.1, -0.05) is 18.0 Å². The molecule has 0 amide bonds. The highest BCUT2D eigenvalue weighted by Gasteiger charge is 2.27. The lowest BCUT2D eigenvalue weighted by molar-refractivity contribution is 0.0677. The zero-order valence-corrected chi connectivity index (χ0v) is 12.8. The van der Waals surface area contributed by atoms with Crippen LogP contribution < -0.4 is 5.32 Å². The van der Waals surface area contributed by atoms with Gasteiger partial charge in [0.1, 0.15) is 6.10 Å². The van der Waals surface area contributed by atoms with Crippen molar-refractivity contribution in [3.8, 4) is 0 Å². The van der Waals surface area contributed by atoms with Crippen LogP contribution >= 0.6 is 11.8 Å². The minimum absolute atomic E-state index is 0.0118. The van der Waals surface area contributed by atoms with E-state index >= 15 is 0 Å². The first kappa shape index (κ1) is 14.4. The summed E-state index contributed by atoms with van der Waals surface area (Å²) < 4.78 is 11.1. The predicted octanol–water partition coefficient (Wildman–Crippen LogP) is 2.19. The predicted molar refractivity (Wildman–Crippen MR) is 78.8 cm³/mol.